The van der Waals surface area contributed by atoms with Crippen LogP contribution in [0, 0.1) is 11.3 Å². The summed E-state index contributed by atoms with van der Waals surface area (Å²) < 4.78 is 5.62. The molecule has 2 rings (SSSR count). The molecule has 0 aliphatic carbocycles. The van der Waals surface area contributed by atoms with E-state index in [9.17, 15) is 0 Å². The smallest absolute Gasteiger partial charge is 0.184 e. The van der Waals surface area contributed by atoms with Crippen LogP contribution in [0.1, 0.15) is 12.0 Å². The molecule has 0 aliphatic rings. The second kappa shape index (κ2) is 6.82. The Morgan fingerprint density at radius 3 is 2.58 bits per heavy atom. The summed E-state index contributed by atoms with van der Waals surface area (Å²) in [5.41, 5.74) is 1.21. The Labute approximate surface area is 118 Å². The van der Waals surface area contributed by atoms with Crippen LogP contribution in [-0.4, -0.2) is 6.10 Å². The van der Waals surface area contributed by atoms with Gasteiger partial charge in [-0.25, -0.2) is 0 Å². The molecular formula is C16H14ClNO. The Morgan fingerprint density at radius 2 is 1.89 bits per heavy atom. The van der Waals surface area contributed by atoms with E-state index in [-0.39, 0.29) is 0 Å². The van der Waals surface area contributed by atoms with Crippen LogP contribution in [0.3, 0.4) is 0 Å². The Hall–Kier alpha value is -1.98. The number of nitrogens with zero attached hydrogens (tertiary/aromatic N) is 1. The largest absolute Gasteiger partial charge is 0.476 e. The third-order valence-corrected chi connectivity index (χ3v) is 2.99. The molecule has 0 saturated heterocycles. The average molecular weight is 272 g/mol. The monoisotopic (exact) mass is 271 g/mol. The van der Waals surface area contributed by atoms with Crippen molar-refractivity contribution >= 4 is 11.6 Å². The summed E-state index contributed by atoms with van der Waals surface area (Å²) in [4.78, 5) is 0. The van der Waals surface area contributed by atoms with Crippen LogP contribution in [0.2, 0.25) is 5.02 Å². The van der Waals surface area contributed by atoms with E-state index in [1.165, 1.54) is 5.56 Å². The fourth-order valence-electron chi connectivity index (χ4n) is 1.80. The summed E-state index contributed by atoms with van der Waals surface area (Å²) >= 11 is 5.88. The first kappa shape index (κ1) is 13.5. The summed E-state index contributed by atoms with van der Waals surface area (Å²) in [5, 5.41) is 9.74. The SMILES string of the molecule is N#CC(CCc1ccccc1)Oc1cccc(Cl)c1. The lowest BCUT2D eigenvalue weighted by atomic mass is 10.1. The van der Waals surface area contributed by atoms with Crippen molar-refractivity contribution in [3.63, 3.8) is 0 Å². The molecule has 96 valence electrons. The number of ether oxygens (including phenoxy) is 1. The van der Waals surface area contributed by atoms with Crippen LogP contribution in [-0.2, 0) is 6.42 Å². The maximum Gasteiger partial charge on any atom is 0.184 e. The third kappa shape index (κ3) is 4.31. The summed E-state index contributed by atoms with van der Waals surface area (Å²) in [6.45, 7) is 0. The highest BCUT2D eigenvalue weighted by molar-refractivity contribution is 6.30. The van der Waals surface area contributed by atoms with Crippen LogP contribution >= 0.6 is 11.6 Å². The minimum atomic E-state index is -0.460. The normalized spacial score (nSPS) is 11.6. The van der Waals surface area contributed by atoms with Gasteiger partial charge in [0.15, 0.2) is 6.10 Å². The summed E-state index contributed by atoms with van der Waals surface area (Å²) in [5.74, 6) is 0.632. The van der Waals surface area contributed by atoms with Gasteiger partial charge in [0.1, 0.15) is 11.8 Å². The van der Waals surface area contributed by atoms with Crippen molar-refractivity contribution in [3.8, 4) is 11.8 Å². The number of hydrogen-bond donors (Lipinski definition) is 0. The van der Waals surface area contributed by atoms with E-state index in [0.717, 1.165) is 6.42 Å². The number of nitriles is 1. The van der Waals surface area contributed by atoms with Crippen LogP contribution < -0.4 is 4.74 Å². The Kier molecular flexibility index (Phi) is 4.83. The predicted octanol–water partition coefficient (Wildman–Crippen LogP) is 4.24. The zero-order chi connectivity index (χ0) is 13.5. The molecule has 0 spiro atoms. The van der Waals surface area contributed by atoms with Crippen LogP contribution in [0.4, 0.5) is 0 Å². The first-order chi connectivity index (χ1) is 9.28. The highest BCUT2D eigenvalue weighted by atomic mass is 35.5. The van der Waals surface area contributed by atoms with Crippen molar-refractivity contribution in [2.45, 2.75) is 18.9 Å². The molecular weight excluding hydrogens is 258 g/mol. The van der Waals surface area contributed by atoms with Crippen molar-refractivity contribution in [2.75, 3.05) is 0 Å². The summed E-state index contributed by atoms with van der Waals surface area (Å²) in [6.07, 6.45) is 1.02. The second-order valence-electron chi connectivity index (χ2n) is 4.22. The van der Waals surface area contributed by atoms with Crippen molar-refractivity contribution in [3.05, 3.63) is 65.2 Å². The van der Waals surface area contributed by atoms with E-state index in [0.29, 0.717) is 17.2 Å². The molecule has 0 bridgehead atoms. The van der Waals surface area contributed by atoms with Gasteiger partial charge in [0, 0.05) is 11.4 Å². The second-order valence-corrected chi connectivity index (χ2v) is 4.65. The van der Waals surface area contributed by atoms with Gasteiger partial charge in [-0.15, -0.1) is 0 Å². The molecule has 0 saturated carbocycles. The van der Waals surface area contributed by atoms with Crippen LogP contribution in [0.15, 0.2) is 54.6 Å². The molecule has 0 N–H and O–H groups in total. The molecule has 0 aliphatic heterocycles. The molecule has 0 aromatic heterocycles. The number of benzene rings is 2. The molecule has 1 unspecified atom stereocenters. The Morgan fingerprint density at radius 1 is 1.11 bits per heavy atom. The van der Waals surface area contributed by atoms with Crippen molar-refractivity contribution in [1.29, 1.82) is 5.26 Å². The molecule has 1 atom stereocenters. The lowest BCUT2D eigenvalue weighted by molar-refractivity contribution is 0.245. The van der Waals surface area contributed by atoms with E-state index in [1.807, 2.05) is 36.4 Å². The van der Waals surface area contributed by atoms with Crippen molar-refractivity contribution < 1.29 is 4.74 Å². The minimum Gasteiger partial charge on any atom is -0.476 e. The lowest BCUT2D eigenvalue weighted by Crippen LogP contribution is -2.15. The molecule has 0 radical (unpaired) electrons. The summed E-state index contributed by atoms with van der Waals surface area (Å²) in [7, 11) is 0. The standard InChI is InChI=1S/C16H14ClNO/c17-14-7-4-8-15(11-14)19-16(12-18)10-9-13-5-2-1-3-6-13/h1-8,11,16H,9-10H2. The van der Waals surface area contributed by atoms with Crippen molar-refractivity contribution in [2.24, 2.45) is 0 Å². The zero-order valence-corrected chi connectivity index (χ0v) is 11.2. The third-order valence-electron chi connectivity index (χ3n) is 2.76. The maximum atomic E-state index is 9.13. The molecule has 2 nitrogen and oxygen atoms in total. The number of aryl methyl sites for hydroxylation is 1. The van der Waals surface area contributed by atoms with Crippen LogP contribution in [0.25, 0.3) is 0 Å². The van der Waals surface area contributed by atoms with Gasteiger partial charge < -0.3 is 4.74 Å². The van der Waals surface area contributed by atoms with Crippen LogP contribution in [0.5, 0.6) is 5.75 Å². The highest BCUT2D eigenvalue weighted by Crippen LogP contribution is 2.19. The van der Waals surface area contributed by atoms with Gasteiger partial charge in [0.2, 0.25) is 0 Å². The van der Waals surface area contributed by atoms with Gasteiger partial charge in [0.25, 0.3) is 0 Å². The highest BCUT2D eigenvalue weighted by Gasteiger charge is 2.09. The first-order valence-corrected chi connectivity index (χ1v) is 6.51. The van der Waals surface area contributed by atoms with E-state index < -0.39 is 6.10 Å². The lowest BCUT2D eigenvalue weighted by Gasteiger charge is -2.12. The molecule has 0 heterocycles. The van der Waals surface area contributed by atoms with E-state index in [2.05, 4.69) is 6.07 Å². The zero-order valence-electron chi connectivity index (χ0n) is 10.4. The van der Waals surface area contributed by atoms with E-state index in [1.54, 1.807) is 18.2 Å². The number of rotatable bonds is 5. The molecule has 19 heavy (non-hydrogen) atoms. The molecule has 2 aromatic rings. The van der Waals surface area contributed by atoms with Gasteiger partial charge in [-0.2, -0.15) is 5.26 Å². The first-order valence-electron chi connectivity index (χ1n) is 6.13. The Bertz CT molecular complexity index is 562. The van der Waals surface area contributed by atoms with Gasteiger partial charge >= 0.3 is 0 Å². The number of halogens is 1. The molecule has 2 aromatic carbocycles. The quantitative estimate of drug-likeness (QED) is 0.815. The molecule has 0 amide bonds. The predicted molar refractivity (Wildman–Crippen MR) is 76.2 cm³/mol. The van der Waals surface area contributed by atoms with Gasteiger partial charge in [0.05, 0.1) is 0 Å². The van der Waals surface area contributed by atoms with Gasteiger partial charge in [-0.1, -0.05) is 48.0 Å². The minimum absolute atomic E-state index is 0.460. The van der Waals surface area contributed by atoms with E-state index in [4.69, 9.17) is 21.6 Å². The molecule has 3 heteroatoms. The van der Waals surface area contributed by atoms with Gasteiger partial charge in [-0.3, -0.25) is 0 Å². The van der Waals surface area contributed by atoms with Gasteiger partial charge in [-0.05, 0) is 30.2 Å². The fourth-order valence-corrected chi connectivity index (χ4v) is 1.98. The Balaban J connectivity index is 1.92. The topological polar surface area (TPSA) is 33.0 Å². The maximum absolute atomic E-state index is 9.13. The summed E-state index contributed by atoms with van der Waals surface area (Å²) in [6, 6.07) is 19.4. The molecule has 0 fully saturated rings. The average Bonchev–Trinajstić information content (AvgIpc) is 2.44. The number of hydrogen-bond acceptors (Lipinski definition) is 2. The fraction of sp³-hybridized carbons (Fsp3) is 0.188. The van der Waals surface area contributed by atoms with Crippen molar-refractivity contribution in [1.82, 2.24) is 0 Å². The van der Waals surface area contributed by atoms with E-state index >= 15 is 0 Å².